The molecule has 2 N–H and O–H groups in total. The first-order valence-electron chi connectivity index (χ1n) is 7.72. The molecular formula is C19H20O4. The van der Waals surface area contributed by atoms with Gasteiger partial charge >= 0.3 is 11.9 Å². The predicted molar refractivity (Wildman–Crippen MR) is 88.1 cm³/mol. The van der Waals surface area contributed by atoms with Crippen molar-refractivity contribution in [3.63, 3.8) is 0 Å². The first-order chi connectivity index (χ1) is 11.1. The van der Waals surface area contributed by atoms with Gasteiger partial charge in [0.15, 0.2) is 0 Å². The smallest absolute Gasteiger partial charge is 0.336 e. The fraction of sp³-hybridized carbons (Fsp3) is 0.263. The summed E-state index contributed by atoms with van der Waals surface area (Å²) >= 11 is 0. The number of benzene rings is 2. The fourth-order valence-electron chi connectivity index (χ4n) is 2.71. The Morgan fingerprint density at radius 2 is 1.43 bits per heavy atom. The summed E-state index contributed by atoms with van der Waals surface area (Å²) in [4.78, 5) is 22.5. The first-order valence-corrected chi connectivity index (χ1v) is 7.72. The molecule has 0 aliphatic heterocycles. The van der Waals surface area contributed by atoms with Crippen molar-refractivity contribution in [2.45, 2.75) is 32.1 Å². The molecule has 0 saturated carbocycles. The highest BCUT2D eigenvalue weighted by Gasteiger charge is 2.19. The van der Waals surface area contributed by atoms with Crippen LogP contribution in [0.1, 0.15) is 51.1 Å². The number of aryl methyl sites for hydroxylation is 2. The summed E-state index contributed by atoms with van der Waals surface area (Å²) < 4.78 is 0. The number of hydrogen-bond donors (Lipinski definition) is 2. The number of aromatic carboxylic acids is 2. The molecule has 0 aromatic heterocycles. The van der Waals surface area contributed by atoms with Gasteiger partial charge in [-0.3, -0.25) is 0 Å². The maximum atomic E-state index is 11.4. The molecule has 2 rings (SSSR count). The number of rotatable bonds is 8. The van der Waals surface area contributed by atoms with E-state index in [0.29, 0.717) is 12.0 Å². The van der Waals surface area contributed by atoms with Crippen molar-refractivity contribution in [2.75, 3.05) is 0 Å². The van der Waals surface area contributed by atoms with E-state index in [2.05, 4.69) is 12.1 Å². The van der Waals surface area contributed by atoms with Crippen molar-refractivity contribution in [2.24, 2.45) is 0 Å². The van der Waals surface area contributed by atoms with Gasteiger partial charge in [-0.15, -0.1) is 0 Å². The van der Waals surface area contributed by atoms with E-state index in [9.17, 15) is 14.7 Å². The molecule has 0 aliphatic rings. The van der Waals surface area contributed by atoms with Crippen LogP contribution in [0.5, 0.6) is 0 Å². The number of hydrogen-bond acceptors (Lipinski definition) is 2. The van der Waals surface area contributed by atoms with E-state index in [1.807, 2.05) is 18.2 Å². The monoisotopic (exact) mass is 312 g/mol. The molecule has 0 saturated heterocycles. The second kappa shape index (κ2) is 8.13. The van der Waals surface area contributed by atoms with E-state index < -0.39 is 11.9 Å². The fourth-order valence-corrected chi connectivity index (χ4v) is 2.71. The molecule has 0 heterocycles. The maximum Gasteiger partial charge on any atom is 0.336 e. The Labute approximate surface area is 135 Å². The van der Waals surface area contributed by atoms with Crippen molar-refractivity contribution >= 4 is 11.9 Å². The highest BCUT2D eigenvalue weighted by Crippen LogP contribution is 2.18. The average molecular weight is 312 g/mol. The van der Waals surface area contributed by atoms with Gasteiger partial charge in [-0.05, 0) is 42.9 Å². The zero-order valence-corrected chi connectivity index (χ0v) is 12.9. The standard InChI is InChI=1S/C19H20O4/c20-18(21)16-13-7-12-15(17(16)19(22)23)11-6-2-5-10-14-8-3-1-4-9-14/h1,3-4,7-9,12-13H,2,5-6,10-11H2,(H,20,21)(H,22,23). The summed E-state index contributed by atoms with van der Waals surface area (Å²) in [5, 5.41) is 18.4. The third kappa shape index (κ3) is 4.68. The third-order valence-electron chi connectivity index (χ3n) is 3.85. The van der Waals surface area contributed by atoms with Crippen LogP contribution in [0.15, 0.2) is 48.5 Å². The van der Waals surface area contributed by atoms with Gasteiger partial charge in [0.05, 0.1) is 11.1 Å². The lowest BCUT2D eigenvalue weighted by Gasteiger charge is -2.09. The van der Waals surface area contributed by atoms with Crippen LogP contribution in [0.2, 0.25) is 0 Å². The van der Waals surface area contributed by atoms with Crippen molar-refractivity contribution < 1.29 is 19.8 Å². The minimum atomic E-state index is -1.20. The zero-order valence-electron chi connectivity index (χ0n) is 12.9. The third-order valence-corrected chi connectivity index (χ3v) is 3.85. The number of unbranched alkanes of at least 4 members (excludes halogenated alkanes) is 2. The van der Waals surface area contributed by atoms with Crippen LogP contribution >= 0.6 is 0 Å². The maximum absolute atomic E-state index is 11.4. The van der Waals surface area contributed by atoms with Crippen LogP contribution in [0.4, 0.5) is 0 Å². The van der Waals surface area contributed by atoms with Crippen molar-refractivity contribution in [3.05, 3.63) is 70.8 Å². The lowest BCUT2D eigenvalue weighted by atomic mass is 9.96. The molecule has 0 radical (unpaired) electrons. The van der Waals surface area contributed by atoms with E-state index in [1.54, 1.807) is 12.1 Å². The first kappa shape index (κ1) is 16.7. The molecule has 0 unspecified atom stereocenters. The molecule has 23 heavy (non-hydrogen) atoms. The van der Waals surface area contributed by atoms with E-state index in [0.717, 1.165) is 25.7 Å². The van der Waals surface area contributed by atoms with Crippen molar-refractivity contribution in [1.29, 1.82) is 0 Å². The summed E-state index contributed by atoms with van der Waals surface area (Å²) in [6.45, 7) is 0. The minimum Gasteiger partial charge on any atom is -0.478 e. The molecule has 120 valence electrons. The van der Waals surface area contributed by atoms with E-state index in [4.69, 9.17) is 5.11 Å². The van der Waals surface area contributed by atoms with E-state index >= 15 is 0 Å². The van der Waals surface area contributed by atoms with E-state index in [-0.39, 0.29) is 11.1 Å². The Bertz CT molecular complexity index is 677. The molecule has 0 atom stereocenters. The molecule has 2 aromatic carbocycles. The quantitative estimate of drug-likeness (QED) is 0.721. The van der Waals surface area contributed by atoms with Crippen LogP contribution in [0.25, 0.3) is 0 Å². The van der Waals surface area contributed by atoms with Crippen molar-refractivity contribution in [3.8, 4) is 0 Å². The molecule has 0 spiro atoms. The number of carboxylic acid groups (broad SMARTS) is 2. The second-order valence-electron chi connectivity index (χ2n) is 5.50. The molecule has 4 nitrogen and oxygen atoms in total. The van der Waals surface area contributed by atoms with Gasteiger partial charge in [0, 0.05) is 0 Å². The molecule has 2 aromatic rings. The van der Waals surface area contributed by atoms with Crippen LogP contribution in [-0.4, -0.2) is 22.2 Å². The van der Waals surface area contributed by atoms with Gasteiger partial charge in [-0.1, -0.05) is 48.9 Å². The second-order valence-corrected chi connectivity index (χ2v) is 5.50. The zero-order chi connectivity index (χ0) is 16.7. The Balaban J connectivity index is 1.92. The van der Waals surface area contributed by atoms with Crippen LogP contribution in [0, 0.1) is 0 Å². The van der Waals surface area contributed by atoms with Crippen molar-refractivity contribution in [1.82, 2.24) is 0 Å². The highest BCUT2D eigenvalue weighted by molar-refractivity contribution is 6.02. The van der Waals surface area contributed by atoms with Crippen LogP contribution in [-0.2, 0) is 12.8 Å². The summed E-state index contributed by atoms with van der Waals surface area (Å²) in [5.41, 5.74) is 1.67. The van der Waals surface area contributed by atoms with Gasteiger partial charge in [0.2, 0.25) is 0 Å². The topological polar surface area (TPSA) is 74.6 Å². The number of carboxylic acids is 2. The Morgan fingerprint density at radius 3 is 2.09 bits per heavy atom. The predicted octanol–water partition coefficient (Wildman–Crippen LogP) is 4.04. The molecular weight excluding hydrogens is 292 g/mol. The lowest BCUT2D eigenvalue weighted by Crippen LogP contribution is -2.11. The molecule has 0 bridgehead atoms. The van der Waals surface area contributed by atoms with Crippen LogP contribution < -0.4 is 0 Å². The summed E-state index contributed by atoms with van der Waals surface area (Å²) in [5.74, 6) is -2.38. The van der Waals surface area contributed by atoms with E-state index in [1.165, 1.54) is 11.6 Å². The Hall–Kier alpha value is -2.62. The summed E-state index contributed by atoms with van der Waals surface area (Å²) in [7, 11) is 0. The highest BCUT2D eigenvalue weighted by atomic mass is 16.4. The van der Waals surface area contributed by atoms with Gasteiger partial charge in [-0.25, -0.2) is 9.59 Å². The molecule has 0 fully saturated rings. The van der Waals surface area contributed by atoms with Gasteiger partial charge in [0.25, 0.3) is 0 Å². The molecule has 0 aliphatic carbocycles. The van der Waals surface area contributed by atoms with Gasteiger partial charge < -0.3 is 10.2 Å². The lowest BCUT2D eigenvalue weighted by molar-refractivity contribution is 0.0650. The number of carbonyl (C=O) groups is 2. The van der Waals surface area contributed by atoms with Gasteiger partial charge in [0.1, 0.15) is 0 Å². The average Bonchev–Trinajstić information content (AvgIpc) is 2.55. The Kier molecular flexibility index (Phi) is 5.92. The minimum absolute atomic E-state index is 0.0805. The molecule has 4 heteroatoms. The largest absolute Gasteiger partial charge is 0.478 e. The molecule has 0 amide bonds. The Morgan fingerprint density at radius 1 is 0.739 bits per heavy atom. The SMILES string of the molecule is O=C(O)c1cccc(CCCCCc2ccccc2)c1C(=O)O. The normalized spacial score (nSPS) is 10.4. The summed E-state index contributed by atoms with van der Waals surface area (Å²) in [6.07, 6.45) is 4.44. The van der Waals surface area contributed by atoms with Gasteiger partial charge in [-0.2, -0.15) is 0 Å². The van der Waals surface area contributed by atoms with Crippen LogP contribution in [0.3, 0.4) is 0 Å². The summed E-state index contributed by atoms with van der Waals surface area (Å²) in [6, 6.07) is 14.9.